The van der Waals surface area contributed by atoms with Gasteiger partial charge in [-0.3, -0.25) is 0 Å². The van der Waals surface area contributed by atoms with E-state index in [2.05, 4.69) is 6.92 Å². The Hall–Kier alpha value is 0.0900. The first-order chi connectivity index (χ1) is 7.55. The van der Waals surface area contributed by atoms with Gasteiger partial charge in [-0.1, -0.05) is 36.2 Å². The van der Waals surface area contributed by atoms with Gasteiger partial charge in [0.1, 0.15) is 0 Å². The molecule has 16 heavy (non-hydrogen) atoms. The van der Waals surface area contributed by atoms with Crippen LogP contribution < -0.4 is 0 Å². The van der Waals surface area contributed by atoms with Gasteiger partial charge < -0.3 is 0 Å². The largest absolute Gasteiger partial charge is 0.126 e. The van der Waals surface area contributed by atoms with Crippen molar-refractivity contribution < 1.29 is 0 Å². The number of alkyl halides is 1. The van der Waals surface area contributed by atoms with E-state index in [9.17, 15) is 0 Å². The molecule has 0 aromatic heterocycles. The van der Waals surface area contributed by atoms with Crippen molar-refractivity contribution in [3.63, 3.8) is 0 Å². The van der Waals surface area contributed by atoms with Crippen LogP contribution in [0.1, 0.15) is 25.3 Å². The second-order valence-corrected chi connectivity index (χ2v) is 6.07. The fourth-order valence-corrected chi connectivity index (χ4v) is 2.83. The summed E-state index contributed by atoms with van der Waals surface area (Å²) in [5.41, 5.74) is 1.43. The highest BCUT2D eigenvalue weighted by molar-refractivity contribution is 6.42. The van der Waals surface area contributed by atoms with Gasteiger partial charge >= 0.3 is 0 Å². The lowest BCUT2D eigenvalue weighted by molar-refractivity contribution is 0.313. The van der Waals surface area contributed by atoms with Crippen LogP contribution in [0.4, 0.5) is 0 Å². The zero-order valence-corrected chi connectivity index (χ0v) is 11.5. The molecule has 3 heteroatoms. The van der Waals surface area contributed by atoms with Crippen LogP contribution in [-0.2, 0) is 6.42 Å². The van der Waals surface area contributed by atoms with E-state index in [0.717, 1.165) is 12.3 Å². The molecule has 1 fully saturated rings. The Kier molecular flexibility index (Phi) is 3.73. The number of rotatable bonds is 4. The predicted molar refractivity (Wildman–Crippen MR) is 71.7 cm³/mol. The number of halogens is 3. The second-order valence-electron chi connectivity index (χ2n) is 4.99. The lowest BCUT2D eigenvalue weighted by Gasteiger charge is -2.27. The maximum atomic E-state index is 6.11. The van der Waals surface area contributed by atoms with Crippen LogP contribution in [-0.4, -0.2) is 5.88 Å². The van der Waals surface area contributed by atoms with Gasteiger partial charge in [-0.2, -0.15) is 0 Å². The highest BCUT2D eigenvalue weighted by atomic mass is 35.5. The third-order valence-corrected chi connectivity index (χ3v) is 4.81. The van der Waals surface area contributed by atoms with E-state index >= 15 is 0 Å². The minimum atomic E-state index is 0.207. The smallest absolute Gasteiger partial charge is 0.0595 e. The van der Waals surface area contributed by atoms with Crippen molar-refractivity contribution in [1.82, 2.24) is 0 Å². The Bertz CT molecular complexity index is 385. The molecule has 1 aromatic carbocycles. The van der Waals surface area contributed by atoms with Crippen LogP contribution in [0.15, 0.2) is 18.2 Å². The molecule has 1 atom stereocenters. The van der Waals surface area contributed by atoms with Crippen molar-refractivity contribution in [2.45, 2.75) is 26.2 Å². The van der Waals surface area contributed by atoms with Crippen LogP contribution >= 0.6 is 34.8 Å². The minimum Gasteiger partial charge on any atom is -0.126 e. The quantitative estimate of drug-likeness (QED) is 0.664. The Morgan fingerprint density at radius 2 is 1.94 bits per heavy atom. The summed E-state index contributed by atoms with van der Waals surface area (Å²) in [6.07, 6.45) is 3.60. The Labute approximate surface area is 112 Å². The molecule has 0 saturated heterocycles. The van der Waals surface area contributed by atoms with Crippen molar-refractivity contribution >= 4 is 34.8 Å². The zero-order chi connectivity index (χ0) is 11.8. The summed E-state index contributed by atoms with van der Waals surface area (Å²) in [5, 5.41) is 1.25. The van der Waals surface area contributed by atoms with Gasteiger partial charge in [0, 0.05) is 5.88 Å². The zero-order valence-electron chi connectivity index (χ0n) is 9.27. The maximum Gasteiger partial charge on any atom is 0.0595 e. The first-order valence-corrected chi connectivity index (χ1v) is 6.84. The summed E-state index contributed by atoms with van der Waals surface area (Å²) in [7, 11) is 0. The fraction of sp³-hybridized carbons (Fsp3) is 0.538. The van der Waals surface area contributed by atoms with Gasteiger partial charge in [-0.25, -0.2) is 0 Å². The van der Waals surface area contributed by atoms with E-state index in [1.54, 1.807) is 0 Å². The third-order valence-electron chi connectivity index (χ3n) is 3.46. The molecule has 0 heterocycles. The fourth-order valence-electron chi connectivity index (χ4n) is 2.20. The molecule has 0 spiro atoms. The lowest BCUT2D eigenvalue weighted by Crippen LogP contribution is -2.24. The van der Waals surface area contributed by atoms with E-state index in [1.807, 2.05) is 18.2 Å². The molecule has 0 aliphatic heterocycles. The average Bonchev–Trinajstić information content (AvgIpc) is 3.07. The molecular weight excluding hydrogens is 263 g/mol. The Morgan fingerprint density at radius 3 is 2.44 bits per heavy atom. The van der Waals surface area contributed by atoms with Crippen molar-refractivity contribution in [2.75, 3.05) is 5.88 Å². The summed E-state index contributed by atoms with van der Waals surface area (Å²) in [4.78, 5) is 0. The first kappa shape index (κ1) is 12.5. The number of benzene rings is 1. The summed E-state index contributed by atoms with van der Waals surface area (Å²) in [6, 6.07) is 5.86. The molecule has 0 bridgehead atoms. The highest BCUT2D eigenvalue weighted by Gasteiger charge is 2.40. The van der Waals surface area contributed by atoms with Gasteiger partial charge in [-0.15, -0.1) is 11.6 Å². The predicted octanol–water partition coefficient (Wildman–Crippen LogP) is 5.19. The standard InChI is InChI=1S/C13H15Cl3/c1-13(8-14,10-3-4-10)7-9-2-5-11(15)12(16)6-9/h2,5-6,10H,3-4,7-8H2,1H3. The minimum absolute atomic E-state index is 0.207. The average molecular weight is 278 g/mol. The van der Waals surface area contributed by atoms with Crippen LogP contribution in [0.25, 0.3) is 0 Å². The number of hydrogen-bond donors (Lipinski definition) is 0. The van der Waals surface area contributed by atoms with Gasteiger partial charge in [0.25, 0.3) is 0 Å². The molecule has 0 nitrogen and oxygen atoms in total. The van der Waals surface area contributed by atoms with Gasteiger partial charge in [0.05, 0.1) is 10.0 Å². The number of hydrogen-bond acceptors (Lipinski definition) is 0. The topological polar surface area (TPSA) is 0 Å². The van der Waals surface area contributed by atoms with Crippen LogP contribution in [0.5, 0.6) is 0 Å². The second kappa shape index (κ2) is 4.76. The van der Waals surface area contributed by atoms with Gasteiger partial charge in [0.2, 0.25) is 0 Å². The van der Waals surface area contributed by atoms with Crippen molar-refractivity contribution in [3.8, 4) is 0 Å². The van der Waals surface area contributed by atoms with Crippen molar-refractivity contribution in [1.29, 1.82) is 0 Å². The molecule has 0 amide bonds. The van der Waals surface area contributed by atoms with Crippen molar-refractivity contribution in [3.05, 3.63) is 33.8 Å². The van der Waals surface area contributed by atoms with E-state index in [1.165, 1.54) is 18.4 Å². The maximum absolute atomic E-state index is 6.11. The molecule has 0 N–H and O–H groups in total. The molecular formula is C13H15Cl3. The molecule has 1 aromatic rings. The molecule has 1 saturated carbocycles. The molecule has 1 unspecified atom stereocenters. The summed E-state index contributed by atoms with van der Waals surface area (Å²) in [6.45, 7) is 2.26. The van der Waals surface area contributed by atoms with Crippen LogP contribution in [0.3, 0.4) is 0 Å². The molecule has 88 valence electrons. The summed E-state index contributed by atoms with van der Waals surface area (Å²) < 4.78 is 0. The SMILES string of the molecule is CC(CCl)(Cc1ccc(Cl)c(Cl)c1)C1CC1. The summed E-state index contributed by atoms with van der Waals surface area (Å²) in [5.74, 6) is 1.48. The summed E-state index contributed by atoms with van der Waals surface area (Å²) >= 11 is 18.0. The Morgan fingerprint density at radius 1 is 1.25 bits per heavy atom. The molecule has 2 rings (SSSR count). The van der Waals surface area contributed by atoms with E-state index in [4.69, 9.17) is 34.8 Å². The van der Waals surface area contributed by atoms with Gasteiger partial charge in [-0.05, 0) is 48.3 Å². The molecule has 1 aliphatic rings. The monoisotopic (exact) mass is 276 g/mol. The molecule has 1 aliphatic carbocycles. The normalized spacial score (nSPS) is 19.5. The highest BCUT2D eigenvalue weighted by Crippen LogP contribution is 2.48. The van der Waals surface area contributed by atoms with E-state index in [0.29, 0.717) is 15.9 Å². The van der Waals surface area contributed by atoms with Crippen LogP contribution in [0, 0.1) is 11.3 Å². The lowest BCUT2D eigenvalue weighted by atomic mass is 9.81. The molecule has 0 radical (unpaired) electrons. The van der Waals surface area contributed by atoms with E-state index in [-0.39, 0.29) is 5.41 Å². The Balaban J connectivity index is 2.15. The van der Waals surface area contributed by atoms with E-state index < -0.39 is 0 Å². The van der Waals surface area contributed by atoms with Crippen LogP contribution in [0.2, 0.25) is 10.0 Å². The van der Waals surface area contributed by atoms with Gasteiger partial charge in [0.15, 0.2) is 0 Å². The third kappa shape index (κ3) is 2.67. The first-order valence-electron chi connectivity index (χ1n) is 5.55. The van der Waals surface area contributed by atoms with Crippen molar-refractivity contribution in [2.24, 2.45) is 11.3 Å².